The minimum absolute atomic E-state index is 0.134. The summed E-state index contributed by atoms with van der Waals surface area (Å²) in [6, 6.07) is 9.64. The van der Waals surface area contributed by atoms with Gasteiger partial charge in [0.15, 0.2) is 0 Å². The first kappa shape index (κ1) is 16.3. The van der Waals surface area contributed by atoms with Crippen LogP contribution in [0.15, 0.2) is 43.0 Å². The summed E-state index contributed by atoms with van der Waals surface area (Å²) < 4.78 is 5.12. The van der Waals surface area contributed by atoms with Crippen molar-refractivity contribution in [3.63, 3.8) is 0 Å². The lowest BCUT2D eigenvalue weighted by molar-refractivity contribution is -0.133. The number of cyclic esters (lactones) is 1. The van der Waals surface area contributed by atoms with E-state index in [9.17, 15) is 9.59 Å². The summed E-state index contributed by atoms with van der Waals surface area (Å²) >= 11 is 0. The smallest absolute Gasteiger partial charge is 0.416 e. The Morgan fingerprint density at radius 3 is 2.82 bits per heavy atom. The van der Waals surface area contributed by atoms with Crippen molar-refractivity contribution in [3.8, 4) is 0 Å². The van der Waals surface area contributed by atoms with Crippen molar-refractivity contribution in [1.29, 1.82) is 0 Å². The van der Waals surface area contributed by atoms with Crippen molar-refractivity contribution < 1.29 is 14.3 Å². The third kappa shape index (κ3) is 3.75. The summed E-state index contributed by atoms with van der Waals surface area (Å²) in [7, 11) is 0. The van der Waals surface area contributed by atoms with Gasteiger partial charge in [-0.25, -0.2) is 9.69 Å². The lowest BCUT2D eigenvalue weighted by Crippen LogP contribution is -2.43. The summed E-state index contributed by atoms with van der Waals surface area (Å²) in [6.07, 6.45) is 4.10. The second-order valence-corrected chi connectivity index (χ2v) is 5.64. The molecule has 0 N–H and O–H groups in total. The Morgan fingerprint density at radius 1 is 1.45 bits per heavy atom. The lowest BCUT2D eigenvalue weighted by Gasteiger charge is -2.24. The summed E-state index contributed by atoms with van der Waals surface area (Å²) in [4.78, 5) is 26.0. The molecule has 1 aromatic carbocycles. The van der Waals surface area contributed by atoms with Crippen LogP contribution < -0.4 is 0 Å². The molecule has 118 valence electrons. The molecule has 0 radical (unpaired) electrons. The van der Waals surface area contributed by atoms with Gasteiger partial charge >= 0.3 is 6.09 Å². The van der Waals surface area contributed by atoms with Crippen molar-refractivity contribution in [2.45, 2.75) is 38.6 Å². The molecule has 4 heteroatoms. The van der Waals surface area contributed by atoms with Crippen molar-refractivity contribution in [1.82, 2.24) is 4.90 Å². The number of hydrogen-bond acceptors (Lipinski definition) is 3. The molecule has 2 rings (SSSR count). The molecule has 1 aromatic rings. The maximum Gasteiger partial charge on any atom is 0.416 e. The molecule has 0 unspecified atom stereocenters. The molecule has 0 aromatic heterocycles. The van der Waals surface area contributed by atoms with E-state index in [-0.39, 0.29) is 24.5 Å². The number of allylic oxidation sites excluding steroid dienone is 1. The van der Waals surface area contributed by atoms with Crippen LogP contribution in [0.25, 0.3) is 0 Å². The topological polar surface area (TPSA) is 46.6 Å². The van der Waals surface area contributed by atoms with Crippen LogP contribution in [0.1, 0.15) is 31.7 Å². The van der Waals surface area contributed by atoms with Gasteiger partial charge in [0.25, 0.3) is 0 Å². The number of rotatable bonds is 7. The molecule has 0 saturated carbocycles. The molecule has 0 spiro atoms. The molecule has 4 nitrogen and oxygen atoms in total. The average molecular weight is 301 g/mol. The minimum Gasteiger partial charge on any atom is -0.447 e. The van der Waals surface area contributed by atoms with Crippen molar-refractivity contribution in [2.24, 2.45) is 5.92 Å². The highest BCUT2D eigenvalue weighted by molar-refractivity contribution is 5.94. The van der Waals surface area contributed by atoms with E-state index in [1.807, 2.05) is 37.3 Å². The molecule has 22 heavy (non-hydrogen) atoms. The highest BCUT2D eigenvalue weighted by Crippen LogP contribution is 2.23. The number of carbonyl (C=O) groups excluding carboxylic acids is 2. The maximum atomic E-state index is 12.7. The van der Waals surface area contributed by atoms with Crippen molar-refractivity contribution in [2.75, 3.05) is 6.61 Å². The van der Waals surface area contributed by atoms with Gasteiger partial charge in [-0.2, -0.15) is 0 Å². The fraction of sp³-hybridized carbons (Fsp3) is 0.444. The Labute approximate surface area is 131 Å². The minimum atomic E-state index is -0.518. The maximum absolute atomic E-state index is 12.7. The Bertz CT molecular complexity index is 526. The van der Waals surface area contributed by atoms with E-state index < -0.39 is 6.09 Å². The van der Waals surface area contributed by atoms with E-state index in [0.717, 1.165) is 18.4 Å². The van der Waals surface area contributed by atoms with Crippen LogP contribution in [0.2, 0.25) is 0 Å². The first-order valence-corrected chi connectivity index (χ1v) is 7.82. The first-order chi connectivity index (χ1) is 10.7. The Hall–Kier alpha value is -2.10. The third-order valence-corrected chi connectivity index (χ3v) is 3.95. The monoisotopic (exact) mass is 301 g/mol. The quantitative estimate of drug-likeness (QED) is 0.723. The van der Waals surface area contributed by atoms with Crippen LogP contribution in [0, 0.1) is 5.92 Å². The van der Waals surface area contributed by atoms with Crippen LogP contribution in [0.5, 0.6) is 0 Å². The number of carbonyl (C=O) groups is 2. The van der Waals surface area contributed by atoms with E-state index in [1.165, 1.54) is 4.90 Å². The molecule has 2 amide bonds. The molecule has 0 bridgehead atoms. The summed E-state index contributed by atoms with van der Waals surface area (Å²) in [5.41, 5.74) is 1.10. The van der Waals surface area contributed by atoms with Crippen molar-refractivity contribution in [3.05, 3.63) is 48.6 Å². The van der Waals surface area contributed by atoms with Crippen LogP contribution in [-0.2, 0) is 16.0 Å². The van der Waals surface area contributed by atoms with E-state index in [1.54, 1.807) is 6.08 Å². The molecule has 2 atom stereocenters. The molecule has 1 fully saturated rings. The molecule has 1 saturated heterocycles. The van der Waals surface area contributed by atoms with E-state index in [0.29, 0.717) is 12.8 Å². The van der Waals surface area contributed by atoms with Gasteiger partial charge in [-0.3, -0.25) is 4.79 Å². The average Bonchev–Trinajstić information content (AvgIpc) is 2.88. The van der Waals surface area contributed by atoms with Gasteiger partial charge in [0.2, 0.25) is 5.91 Å². The van der Waals surface area contributed by atoms with Gasteiger partial charge in [0.1, 0.15) is 6.61 Å². The van der Waals surface area contributed by atoms with Crippen molar-refractivity contribution >= 4 is 12.0 Å². The number of benzene rings is 1. The number of nitrogens with zero attached hydrogens (tertiary/aromatic N) is 1. The summed E-state index contributed by atoms with van der Waals surface area (Å²) in [5.74, 6) is -0.323. The first-order valence-electron chi connectivity index (χ1n) is 7.82. The highest BCUT2D eigenvalue weighted by atomic mass is 16.6. The van der Waals surface area contributed by atoms with Gasteiger partial charge in [-0.1, -0.05) is 49.8 Å². The summed E-state index contributed by atoms with van der Waals surface area (Å²) in [5, 5.41) is 0. The van der Waals surface area contributed by atoms with Crippen LogP contribution in [0.3, 0.4) is 0 Å². The molecular weight excluding hydrogens is 278 g/mol. The second kappa shape index (κ2) is 7.78. The normalized spacial score (nSPS) is 18.9. The van der Waals surface area contributed by atoms with Gasteiger partial charge < -0.3 is 4.74 Å². The van der Waals surface area contributed by atoms with Gasteiger partial charge in [-0.15, -0.1) is 6.58 Å². The fourth-order valence-electron chi connectivity index (χ4n) is 2.86. The SMILES string of the molecule is C=CC[C@@H](CCC)C(=O)N1C(=O)OC[C@@H]1Cc1ccccc1. The van der Waals surface area contributed by atoms with Crippen LogP contribution in [-0.4, -0.2) is 29.5 Å². The Balaban J connectivity index is 2.12. The largest absolute Gasteiger partial charge is 0.447 e. The standard InChI is InChI=1S/C18H23NO3/c1-3-8-15(9-4-2)17(20)19-16(13-22-18(19)21)12-14-10-6-5-7-11-14/h3,5-7,10-11,15-16H,1,4,8-9,12-13H2,2H3/t15-,16-/m0/s1. The Morgan fingerprint density at radius 2 is 2.18 bits per heavy atom. The van der Waals surface area contributed by atoms with Gasteiger partial charge in [0, 0.05) is 5.92 Å². The number of amides is 2. The highest BCUT2D eigenvalue weighted by Gasteiger charge is 2.40. The van der Waals surface area contributed by atoms with Crippen LogP contribution in [0.4, 0.5) is 4.79 Å². The van der Waals surface area contributed by atoms with Gasteiger partial charge in [0.05, 0.1) is 6.04 Å². The zero-order chi connectivity index (χ0) is 15.9. The number of ether oxygens (including phenoxy) is 1. The predicted octanol–water partition coefficient (Wildman–Crippen LogP) is 3.57. The van der Waals surface area contributed by atoms with Crippen LogP contribution >= 0.6 is 0 Å². The number of hydrogen-bond donors (Lipinski definition) is 0. The predicted molar refractivity (Wildman–Crippen MR) is 85.3 cm³/mol. The molecule has 1 heterocycles. The lowest BCUT2D eigenvalue weighted by atomic mass is 9.97. The van der Waals surface area contributed by atoms with E-state index in [4.69, 9.17) is 4.74 Å². The van der Waals surface area contributed by atoms with E-state index >= 15 is 0 Å². The zero-order valence-corrected chi connectivity index (χ0v) is 13.0. The Kier molecular flexibility index (Phi) is 5.75. The molecule has 1 aliphatic rings. The fourth-order valence-corrected chi connectivity index (χ4v) is 2.86. The zero-order valence-electron chi connectivity index (χ0n) is 13.0. The number of imide groups is 1. The molecule has 1 aliphatic heterocycles. The van der Waals surface area contributed by atoms with E-state index in [2.05, 4.69) is 6.58 Å². The second-order valence-electron chi connectivity index (χ2n) is 5.64. The molecular formula is C18H23NO3. The summed E-state index contributed by atoms with van der Waals surface area (Å²) in [6.45, 7) is 6.02. The third-order valence-electron chi connectivity index (χ3n) is 3.95. The molecule has 0 aliphatic carbocycles. The van der Waals surface area contributed by atoms with Gasteiger partial charge in [-0.05, 0) is 24.8 Å².